The van der Waals surface area contributed by atoms with E-state index in [1.165, 1.54) is 32.1 Å². The summed E-state index contributed by atoms with van der Waals surface area (Å²) in [5.41, 5.74) is -3.84. The molecule has 1 aliphatic rings. The SMILES string of the molecule is CC1=CC(=O)C[C@](C)(CO)[C@@]1(O)/C=C/C(C)=C\C(=O)OC(C)(CC(=O)O)CC(=O)O. The zero-order valence-electron chi connectivity index (χ0n) is 17.5. The molecule has 0 fully saturated rings. The van der Waals surface area contributed by atoms with Gasteiger partial charge in [0, 0.05) is 17.9 Å². The van der Waals surface area contributed by atoms with E-state index in [9.17, 15) is 29.4 Å². The highest BCUT2D eigenvalue weighted by Gasteiger charge is 2.49. The molecule has 0 radical (unpaired) electrons. The van der Waals surface area contributed by atoms with E-state index >= 15 is 0 Å². The fourth-order valence-corrected chi connectivity index (χ4v) is 3.44. The van der Waals surface area contributed by atoms with Gasteiger partial charge in [-0.25, -0.2) is 4.79 Å². The number of esters is 1. The van der Waals surface area contributed by atoms with Gasteiger partial charge in [-0.1, -0.05) is 13.0 Å². The van der Waals surface area contributed by atoms with E-state index in [2.05, 4.69) is 0 Å². The van der Waals surface area contributed by atoms with E-state index < -0.39 is 54.0 Å². The number of ketones is 1. The number of carboxylic acids is 2. The number of carboxylic acid groups (broad SMARTS) is 2. The zero-order valence-corrected chi connectivity index (χ0v) is 17.5. The minimum atomic E-state index is -1.73. The molecule has 0 aromatic heterocycles. The molecule has 30 heavy (non-hydrogen) atoms. The smallest absolute Gasteiger partial charge is 0.331 e. The molecular weight excluding hydrogens is 396 g/mol. The van der Waals surface area contributed by atoms with Crippen molar-refractivity contribution in [1.29, 1.82) is 0 Å². The second-order valence-electron chi connectivity index (χ2n) is 8.19. The van der Waals surface area contributed by atoms with Gasteiger partial charge in [-0.05, 0) is 44.1 Å². The van der Waals surface area contributed by atoms with Gasteiger partial charge in [0.05, 0.1) is 19.4 Å². The normalized spacial score (nSPS) is 25.2. The van der Waals surface area contributed by atoms with E-state index in [0.29, 0.717) is 11.1 Å². The van der Waals surface area contributed by atoms with Crippen molar-refractivity contribution in [1.82, 2.24) is 0 Å². The van der Waals surface area contributed by atoms with E-state index in [-0.39, 0.29) is 12.2 Å². The molecule has 0 aliphatic heterocycles. The van der Waals surface area contributed by atoms with E-state index in [1.54, 1.807) is 13.8 Å². The first kappa shape index (κ1) is 25.3. The summed E-state index contributed by atoms with van der Waals surface area (Å²) < 4.78 is 5.08. The summed E-state index contributed by atoms with van der Waals surface area (Å²) in [4.78, 5) is 45.9. The highest BCUT2D eigenvalue weighted by Crippen LogP contribution is 2.44. The molecule has 9 heteroatoms. The maximum Gasteiger partial charge on any atom is 0.331 e. The van der Waals surface area contributed by atoms with Gasteiger partial charge in [0.1, 0.15) is 11.2 Å². The van der Waals surface area contributed by atoms with Crippen LogP contribution in [0.4, 0.5) is 0 Å². The maximum atomic E-state index is 12.2. The van der Waals surface area contributed by atoms with Crippen molar-refractivity contribution in [2.75, 3.05) is 6.61 Å². The number of hydrogen-bond acceptors (Lipinski definition) is 7. The second kappa shape index (κ2) is 9.36. The summed E-state index contributed by atoms with van der Waals surface area (Å²) in [6.07, 6.45) is 3.70. The quantitative estimate of drug-likeness (QED) is 0.244. The summed E-state index contributed by atoms with van der Waals surface area (Å²) in [6, 6.07) is 0. The van der Waals surface area contributed by atoms with Crippen LogP contribution in [0.5, 0.6) is 0 Å². The third kappa shape index (κ3) is 6.11. The monoisotopic (exact) mass is 424 g/mol. The van der Waals surface area contributed by atoms with Gasteiger partial charge < -0.3 is 25.2 Å². The van der Waals surface area contributed by atoms with Crippen LogP contribution in [0, 0.1) is 5.41 Å². The van der Waals surface area contributed by atoms with Crippen molar-refractivity contribution in [3.63, 3.8) is 0 Å². The highest BCUT2D eigenvalue weighted by atomic mass is 16.6. The van der Waals surface area contributed by atoms with Crippen LogP contribution in [0.1, 0.15) is 47.0 Å². The second-order valence-corrected chi connectivity index (χ2v) is 8.19. The summed E-state index contributed by atoms with van der Waals surface area (Å²) >= 11 is 0. The zero-order chi connectivity index (χ0) is 23.3. The Morgan fingerprint density at radius 3 is 2.23 bits per heavy atom. The van der Waals surface area contributed by atoms with Crippen LogP contribution >= 0.6 is 0 Å². The maximum absolute atomic E-state index is 12.2. The van der Waals surface area contributed by atoms with E-state index in [0.717, 1.165) is 6.08 Å². The van der Waals surface area contributed by atoms with Crippen LogP contribution in [0.15, 0.2) is 35.5 Å². The molecule has 1 aliphatic carbocycles. The average molecular weight is 424 g/mol. The number of carbonyl (C=O) groups excluding carboxylic acids is 2. The minimum absolute atomic E-state index is 0.0603. The largest absolute Gasteiger partial charge is 0.481 e. The number of rotatable bonds is 9. The topological polar surface area (TPSA) is 158 Å². The molecule has 1 rings (SSSR count). The molecule has 4 N–H and O–H groups in total. The van der Waals surface area contributed by atoms with Crippen molar-refractivity contribution in [2.45, 2.75) is 58.2 Å². The molecule has 9 nitrogen and oxygen atoms in total. The first-order chi connectivity index (χ1) is 13.7. The molecule has 0 unspecified atom stereocenters. The highest BCUT2D eigenvalue weighted by molar-refractivity contribution is 5.93. The molecular formula is C21H28O9. The lowest BCUT2D eigenvalue weighted by Gasteiger charge is -2.45. The number of allylic oxidation sites excluding steroid dienone is 3. The molecule has 0 spiro atoms. The molecule has 0 amide bonds. The van der Waals surface area contributed by atoms with Crippen LogP contribution in [0.2, 0.25) is 0 Å². The van der Waals surface area contributed by atoms with Gasteiger partial charge in [0.2, 0.25) is 0 Å². The molecule has 166 valence electrons. The molecule has 0 aromatic carbocycles. The van der Waals surface area contributed by atoms with Crippen molar-refractivity contribution < 1.29 is 44.3 Å². The van der Waals surface area contributed by atoms with Crippen molar-refractivity contribution >= 4 is 23.7 Å². The lowest BCUT2D eigenvalue weighted by Crippen LogP contribution is -2.52. The molecule has 2 atom stereocenters. The van der Waals surface area contributed by atoms with E-state index in [1.807, 2.05) is 0 Å². The number of aliphatic hydroxyl groups is 2. The Morgan fingerprint density at radius 1 is 1.23 bits per heavy atom. The van der Waals surface area contributed by atoms with E-state index in [4.69, 9.17) is 14.9 Å². The molecule has 0 saturated heterocycles. The van der Waals surface area contributed by atoms with Gasteiger partial charge in [-0.3, -0.25) is 14.4 Å². The van der Waals surface area contributed by atoms with Crippen LogP contribution < -0.4 is 0 Å². The number of hydrogen-bond donors (Lipinski definition) is 4. The summed E-state index contributed by atoms with van der Waals surface area (Å²) in [6.45, 7) is 5.43. The van der Waals surface area contributed by atoms with Gasteiger partial charge >= 0.3 is 17.9 Å². The van der Waals surface area contributed by atoms with Gasteiger partial charge in [0.15, 0.2) is 5.78 Å². The fraction of sp³-hybridized carbons (Fsp3) is 0.524. The Labute approximate surface area is 174 Å². The Balaban J connectivity index is 3.08. The molecule has 0 aromatic rings. The van der Waals surface area contributed by atoms with Crippen molar-refractivity contribution in [3.8, 4) is 0 Å². The van der Waals surface area contributed by atoms with Crippen molar-refractivity contribution in [2.24, 2.45) is 5.41 Å². The predicted octanol–water partition coefficient (Wildman–Crippen LogP) is 1.39. The first-order valence-corrected chi connectivity index (χ1v) is 9.25. The summed E-state index contributed by atoms with van der Waals surface area (Å²) in [5, 5.41) is 38.7. The minimum Gasteiger partial charge on any atom is -0.481 e. The first-order valence-electron chi connectivity index (χ1n) is 9.25. The van der Waals surface area contributed by atoms with Gasteiger partial charge in [0.25, 0.3) is 0 Å². The van der Waals surface area contributed by atoms with Gasteiger partial charge in [-0.15, -0.1) is 0 Å². The molecule has 0 heterocycles. The number of aliphatic carboxylic acids is 2. The van der Waals surface area contributed by atoms with Crippen LogP contribution in [0.25, 0.3) is 0 Å². The number of aliphatic hydroxyl groups excluding tert-OH is 1. The van der Waals surface area contributed by atoms with Gasteiger partial charge in [-0.2, -0.15) is 0 Å². The summed E-state index contributed by atoms with van der Waals surface area (Å²) in [7, 11) is 0. The lowest BCUT2D eigenvalue weighted by atomic mass is 9.64. The lowest BCUT2D eigenvalue weighted by molar-refractivity contribution is -0.162. The van der Waals surface area contributed by atoms with Crippen LogP contribution in [-0.2, 0) is 23.9 Å². The Morgan fingerprint density at radius 2 is 1.77 bits per heavy atom. The summed E-state index contributed by atoms with van der Waals surface area (Å²) in [5.74, 6) is -3.78. The third-order valence-electron chi connectivity index (χ3n) is 5.14. The molecule has 0 bridgehead atoms. The van der Waals surface area contributed by atoms with Crippen LogP contribution in [0.3, 0.4) is 0 Å². The average Bonchev–Trinajstić information content (AvgIpc) is 2.55. The fourth-order valence-electron chi connectivity index (χ4n) is 3.44. The number of carbonyl (C=O) groups is 4. The Kier molecular flexibility index (Phi) is 7.88. The number of ether oxygens (including phenoxy) is 1. The Hall–Kier alpha value is -2.78. The standard InChI is InChI=1S/C21H28O9/c1-13(7-18(28)30-20(4,10-16(24)25)11-17(26)27)5-6-21(29)14(2)8-15(23)9-19(21,3)12-22/h5-8,22,29H,9-12H2,1-4H3,(H,24,25)(H,26,27)/b6-5+,13-7-/t19-,21-/m1/s1. The van der Waals surface area contributed by atoms with Crippen molar-refractivity contribution in [3.05, 3.63) is 35.5 Å². The third-order valence-corrected chi connectivity index (χ3v) is 5.14. The molecule has 0 saturated carbocycles. The van der Waals surface area contributed by atoms with Crippen LogP contribution in [-0.4, -0.2) is 61.9 Å². The predicted molar refractivity (Wildman–Crippen MR) is 105 cm³/mol. The Bertz CT molecular complexity index is 804.